The predicted molar refractivity (Wildman–Crippen MR) is 53.1 cm³/mol. The molecule has 11 heteroatoms. The van der Waals surface area contributed by atoms with E-state index in [9.17, 15) is 30.3 Å². The van der Waals surface area contributed by atoms with Gasteiger partial charge < -0.3 is 11.3 Å². The maximum absolute atomic E-state index is 10.4. The molecule has 0 unspecified atom stereocenters. The van der Waals surface area contributed by atoms with Crippen molar-refractivity contribution < 1.29 is 19.9 Å². The topological polar surface area (TPSA) is 185 Å². The highest BCUT2D eigenvalue weighted by Crippen LogP contribution is 2.38. The molecule has 1 aromatic rings. The fraction of sp³-hybridized carbons (Fsp3) is 0. The van der Waals surface area contributed by atoms with Crippen LogP contribution < -0.4 is 6.15 Å². The zero-order valence-corrected chi connectivity index (χ0v) is 8.10. The number of nitro groups is 3. The van der Waals surface area contributed by atoms with Gasteiger partial charge in [-0.3, -0.25) is 30.3 Å². The van der Waals surface area contributed by atoms with Gasteiger partial charge in [0, 0.05) is 0 Å². The van der Waals surface area contributed by atoms with Crippen molar-refractivity contribution in [1.29, 1.82) is 0 Å². The largest absolute Gasteiger partial charge is 0.497 e. The smallest absolute Gasteiger partial charge is 0.324 e. The van der Waals surface area contributed by atoms with Crippen molar-refractivity contribution in [2.45, 2.75) is 0 Å². The van der Waals surface area contributed by atoms with Gasteiger partial charge in [0.15, 0.2) is 0 Å². The van der Waals surface area contributed by atoms with Crippen LogP contribution in [0, 0.1) is 30.3 Å². The number of nitro benzene ring substituents is 3. The van der Waals surface area contributed by atoms with Crippen LogP contribution in [-0.4, -0.2) is 19.9 Å². The van der Waals surface area contributed by atoms with Gasteiger partial charge in [0.2, 0.25) is 0 Å². The zero-order chi connectivity index (χ0) is 12.5. The van der Waals surface area contributed by atoms with Crippen LogP contribution in [-0.2, 0) is 0 Å². The Labute approximate surface area is 92.3 Å². The summed E-state index contributed by atoms with van der Waals surface area (Å²) in [6.07, 6.45) is 0. The lowest BCUT2D eigenvalue weighted by molar-refractivity contribution is -0.404. The van der Waals surface area contributed by atoms with Gasteiger partial charge in [-0.05, 0) is 0 Å². The molecule has 1 aromatic carbocycles. The van der Waals surface area contributed by atoms with Crippen LogP contribution in [0.2, 0.25) is 0 Å². The van der Waals surface area contributed by atoms with E-state index >= 15 is 0 Å². The number of nitrogens with zero attached hydrogens (tertiary/aromatic N) is 3. The highest BCUT2D eigenvalue weighted by molar-refractivity contribution is 5.64. The van der Waals surface area contributed by atoms with Crippen molar-refractivity contribution in [3.8, 4) is 5.75 Å². The third-order valence-corrected chi connectivity index (χ3v) is 1.66. The molecule has 0 radical (unpaired) electrons. The lowest BCUT2D eigenvalue weighted by Crippen LogP contribution is -1.97. The number of phenols is 1. The summed E-state index contributed by atoms with van der Waals surface area (Å²) in [6, 6.07) is 0.894. The number of hydrogen-bond donors (Lipinski definition) is 2. The first kappa shape index (κ1) is 14.2. The van der Waals surface area contributed by atoms with E-state index in [-0.39, 0.29) is 6.15 Å². The quantitative estimate of drug-likeness (QED) is 0.589. The van der Waals surface area contributed by atoms with Gasteiger partial charge >= 0.3 is 11.4 Å². The molecule has 11 nitrogen and oxygen atoms in total. The second kappa shape index (κ2) is 4.80. The molecule has 0 fully saturated rings. The number of benzene rings is 1. The molecular weight excluding hydrogens is 240 g/mol. The zero-order valence-electron chi connectivity index (χ0n) is 8.10. The van der Waals surface area contributed by atoms with E-state index in [1.165, 1.54) is 0 Å². The summed E-state index contributed by atoms with van der Waals surface area (Å²) < 4.78 is 0. The predicted octanol–water partition coefficient (Wildman–Crippen LogP) is 1.28. The van der Waals surface area contributed by atoms with E-state index in [2.05, 4.69) is 0 Å². The van der Waals surface area contributed by atoms with Crippen LogP contribution in [0.25, 0.3) is 0 Å². The van der Waals surface area contributed by atoms with Crippen LogP contribution >= 0.6 is 0 Å². The molecule has 4 N–H and O–H groups in total. The fourth-order valence-corrected chi connectivity index (χ4v) is 0.974. The lowest BCUT2D eigenvalue weighted by Gasteiger charge is -1.97. The summed E-state index contributed by atoms with van der Waals surface area (Å²) in [5.41, 5.74) is -3.00. The monoisotopic (exact) mass is 246 g/mol. The van der Waals surface area contributed by atoms with Gasteiger partial charge in [0.05, 0.1) is 26.9 Å². The third kappa shape index (κ3) is 2.60. The first-order chi connectivity index (χ1) is 7.34. The van der Waals surface area contributed by atoms with Gasteiger partial charge in [-0.25, -0.2) is 0 Å². The Balaban J connectivity index is 0.00000256. The number of rotatable bonds is 3. The number of non-ortho nitro benzene ring substituents is 1. The van der Waals surface area contributed by atoms with E-state index in [0.29, 0.717) is 12.1 Å². The standard InChI is InChI=1S/C6H3N3O7.H3N/c10-6-4(8(13)14)1-3(7(11)12)2-5(6)9(15)16;/h1-2,10H;1H3. The SMILES string of the molecule is N.O=[N+]([O-])c1cc([N+](=O)[O-])c(O)c([N+](=O)[O-])c1. The summed E-state index contributed by atoms with van der Waals surface area (Å²) >= 11 is 0. The number of aromatic hydroxyl groups is 1. The van der Waals surface area contributed by atoms with Gasteiger partial charge in [0.1, 0.15) is 0 Å². The van der Waals surface area contributed by atoms with Crippen LogP contribution in [0.1, 0.15) is 0 Å². The summed E-state index contributed by atoms with van der Waals surface area (Å²) in [6.45, 7) is 0. The molecule has 0 aliphatic heterocycles. The highest BCUT2D eigenvalue weighted by Gasteiger charge is 2.29. The second-order valence-electron chi connectivity index (χ2n) is 2.60. The molecule has 0 saturated heterocycles. The first-order valence-electron chi connectivity index (χ1n) is 3.64. The molecular formula is C6H6N4O7. The normalized spacial score (nSPS) is 9.18. The average molecular weight is 246 g/mol. The van der Waals surface area contributed by atoms with Crippen molar-refractivity contribution in [1.82, 2.24) is 6.15 Å². The second-order valence-corrected chi connectivity index (χ2v) is 2.60. The van der Waals surface area contributed by atoms with Crippen molar-refractivity contribution in [3.05, 3.63) is 42.5 Å². The van der Waals surface area contributed by atoms with Gasteiger partial charge in [0.25, 0.3) is 11.4 Å². The molecule has 0 bridgehead atoms. The molecule has 0 aromatic heterocycles. The number of phenolic OH excluding ortho intramolecular Hbond substituents is 1. The minimum Gasteiger partial charge on any atom is -0.497 e. The third-order valence-electron chi connectivity index (χ3n) is 1.66. The Hall–Kier alpha value is -2.82. The molecule has 0 aliphatic carbocycles. The van der Waals surface area contributed by atoms with Crippen molar-refractivity contribution in [3.63, 3.8) is 0 Å². The molecule has 92 valence electrons. The summed E-state index contributed by atoms with van der Waals surface area (Å²) in [5, 5.41) is 40.2. The Morgan fingerprint density at radius 1 is 0.882 bits per heavy atom. The van der Waals surface area contributed by atoms with E-state index in [1.54, 1.807) is 0 Å². The van der Waals surface area contributed by atoms with E-state index < -0.39 is 37.6 Å². The maximum Gasteiger partial charge on any atom is 0.324 e. The molecule has 17 heavy (non-hydrogen) atoms. The molecule has 0 atom stereocenters. The lowest BCUT2D eigenvalue weighted by atomic mass is 10.2. The average Bonchev–Trinajstić information content (AvgIpc) is 2.16. The van der Waals surface area contributed by atoms with Crippen molar-refractivity contribution in [2.24, 2.45) is 0 Å². The first-order valence-corrected chi connectivity index (χ1v) is 3.64. The van der Waals surface area contributed by atoms with Crippen molar-refractivity contribution >= 4 is 17.1 Å². The molecule has 0 amide bonds. The Morgan fingerprint density at radius 3 is 1.47 bits per heavy atom. The Morgan fingerprint density at radius 2 is 1.24 bits per heavy atom. The van der Waals surface area contributed by atoms with Crippen molar-refractivity contribution in [2.75, 3.05) is 0 Å². The summed E-state index contributed by atoms with van der Waals surface area (Å²) in [7, 11) is 0. The van der Waals surface area contributed by atoms with Gasteiger partial charge in [-0.15, -0.1) is 0 Å². The Kier molecular flexibility index (Phi) is 4.00. The minimum atomic E-state index is -1.21. The van der Waals surface area contributed by atoms with Gasteiger partial charge in [-0.1, -0.05) is 0 Å². The summed E-state index contributed by atoms with van der Waals surface area (Å²) in [5.74, 6) is -1.21. The van der Waals surface area contributed by atoms with E-state index in [4.69, 9.17) is 5.11 Å². The highest BCUT2D eigenvalue weighted by atomic mass is 16.6. The Bertz CT molecular complexity index is 464. The van der Waals surface area contributed by atoms with Crippen LogP contribution in [0.5, 0.6) is 5.75 Å². The molecule has 0 saturated carbocycles. The molecule has 0 heterocycles. The summed E-state index contributed by atoms with van der Waals surface area (Å²) in [4.78, 5) is 27.8. The molecule has 1 rings (SSSR count). The number of hydrogen-bond acceptors (Lipinski definition) is 8. The minimum absolute atomic E-state index is 0. The van der Waals surface area contributed by atoms with Crippen LogP contribution in [0.15, 0.2) is 12.1 Å². The molecule has 0 spiro atoms. The van der Waals surface area contributed by atoms with E-state index in [1.807, 2.05) is 0 Å². The molecule has 0 aliphatic rings. The fourth-order valence-electron chi connectivity index (χ4n) is 0.974. The van der Waals surface area contributed by atoms with Gasteiger partial charge in [-0.2, -0.15) is 0 Å². The van der Waals surface area contributed by atoms with E-state index in [0.717, 1.165) is 0 Å². The maximum atomic E-state index is 10.4. The van der Waals surface area contributed by atoms with Crippen LogP contribution in [0.3, 0.4) is 0 Å². The van der Waals surface area contributed by atoms with Crippen LogP contribution in [0.4, 0.5) is 17.1 Å².